The molecular formula is C50H62Cl2N8O6. The highest BCUT2D eigenvalue weighted by molar-refractivity contribution is 6.31. The molecule has 352 valence electrons. The van der Waals surface area contributed by atoms with Gasteiger partial charge in [-0.1, -0.05) is 49.2 Å². The van der Waals surface area contributed by atoms with Gasteiger partial charge in [0.1, 0.15) is 12.1 Å². The van der Waals surface area contributed by atoms with Gasteiger partial charge in [0, 0.05) is 99.1 Å². The number of amides is 6. The van der Waals surface area contributed by atoms with Crippen LogP contribution < -0.4 is 21.3 Å². The van der Waals surface area contributed by atoms with Crippen LogP contribution >= 0.6 is 23.2 Å². The molecule has 2 fully saturated rings. The van der Waals surface area contributed by atoms with E-state index in [-0.39, 0.29) is 36.1 Å². The van der Waals surface area contributed by atoms with E-state index in [4.69, 9.17) is 32.7 Å². The molecule has 4 heterocycles. The van der Waals surface area contributed by atoms with Gasteiger partial charge in [-0.3, -0.25) is 9.59 Å². The van der Waals surface area contributed by atoms with E-state index in [2.05, 4.69) is 83.3 Å². The van der Waals surface area contributed by atoms with Crippen LogP contribution in [0.25, 0.3) is 0 Å². The summed E-state index contributed by atoms with van der Waals surface area (Å²) in [4.78, 5) is 60.1. The first-order valence-electron chi connectivity index (χ1n) is 22.6. The third-order valence-electron chi connectivity index (χ3n) is 13.1. The third-order valence-corrected chi connectivity index (χ3v) is 13.6. The summed E-state index contributed by atoms with van der Waals surface area (Å²) >= 11 is 11.9. The van der Waals surface area contributed by atoms with Crippen LogP contribution in [0.15, 0.2) is 84.9 Å². The van der Waals surface area contributed by atoms with Crippen molar-refractivity contribution >= 4 is 69.8 Å². The van der Waals surface area contributed by atoms with Crippen molar-refractivity contribution in [2.75, 3.05) is 88.9 Å². The number of fused-ring (bicyclic) bond motifs is 2. The van der Waals surface area contributed by atoms with Crippen molar-refractivity contribution in [2.24, 2.45) is 0 Å². The van der Waals surface area contributed by atoms with Crippen molar-refractivity contribution in [3.8, 4) is 0 Å². The number of likely N-dealkylation sites (N-methyl/N-ethyl adjacent to an activating group) is 2. The second-order valence-electron chi connectivity index (χ2n) is 18.0. The summed E-state index contributed by atoms with van der Waals surface area (Å²) < 4.78 is 10.9. The molecule has 4 aromatic rings. The molecule has 8 rings (SSSR count). The zero-order valence-electron chi connectivity index (χ0n) is 38.6. The van der Waals surface area contributed by atoms with E-state index in [9.17, 15) is 19.2 Å². The van der Waals surface area contributed by atoms with Gasteiger partial charge in [0.05, 0.1) is 12.2 Å². The molecule has 4 aromatic carbocycles. The molecule has 14 nitrogen and oxygen atoms in total. The van der Waals surface area contributed by atoms with Crippen LogP contribution in [0.2, 0.25) is 10.0 Å². The van der Waals surface area contributed by atoms with Crippen molar-refractivity contribution in [3.63, 3.8) is 0 Å². The number of halogens is 2. The Kier molecular flexibility index (Phi) is 16.3. The van der Waals surface area contributed by atoms with E-state index in [1.165, 1.54) is 22.3 Å². The fourth-order valence-corrected chi connectivity index (χ4v) is 9.74. The van der Waals surface area contributed by atoms with Crippen molar-refractivity contribution in [1.82, 2.24) is 19.6 Å². The molecule has 4 aliphatic rings. The van der Waals surface area contributed by atoms with Crippen LogP contribution in [0.4, 0.5) is 32.3 Å². The van der Waals surface area contributed by atoms with Crippen LogP contribution in [0.5, 0.6) is 0 Å². The Morgan fingerprint density at radius 1 is 0.530 bits per heavy atom. The smallest absolute Gasteiger partial charge is 0.322 e. The van der Waals surface area contributed by atoms with E-state index in [0.717, 1.165) is 50.4 Å². The predicted octanol–water partition coefficient (Wildman–Crippen LogP) is 8.38. The number of ether oxygens (including phenoxy) is 2. The minimum atomic E-state index is -0.619. The minimum absolute atomic E-state index is 0.194. The van der Waals surface area contributed by atoms with Crippen LogP contribution in [0, 0.1) is 0 Å². The minimum Gasteiger partial charge on any atom is -0.380 e. The number of urea groups is 2. The molecule has 0 saturated carbocycles. The fraction of sp³-hybridized carbons (Fsp3) is 0.440. The van der Waals surface area contributed by atoms with Gasteiger partial charge in [-0.25, -0.2) is 9.59 Å². The lowest BCUT2D eigenvalue weighted by Gasteiger charge is -2.24. The largest absolute Gasteiger partial charge is 0.380 e. The summed E-state index contributed by atoms with van der Waals surface area (Å²) in [5, 5.41) is 12.9. The van der Waals surface area contributed by atoms with Crippen LogP contribution in [-0.4, -0.2) is 135 Å². The van der Waals surface area contributed by atoms with Crippen molar-refractivity contribution in [2.45, 2.75) is 75.7 Å². The summed E-state index contributed by atoms with van der Waals surface area (Å²) in [6, 6.07) is 24.1. The first-order valence-corrected chi connectivity index (χ1v) is 23.4. The second-order valence-corrected chi connectivity index (χ2v) is 18.9. The van der Waals surface area contributed by atoms with E-state index >= 15 is 0 Å². The number of likely N-dealkylation sites (tertiary alicyclic amines) is 2. The van der Waals surface area contributed by atoms with Crippen LogP contribution in [0.1, 0.15) is 60.8 Å². The fourth-order valence-electron chi connectivity index (χ4n) is 9.49. The molecule has 0 bridgehead atoms. The summed E-state index contributed by atoms with van der Waals surface area (Å²) in [5.74, 6) is 0.474. The Morgan fingerprint density at radius 3 is 1.26 bits per heavy atom. The Bertz CT molecular complexity index is 2190. The third kappa shape index (κ3) is 12.2. The quantitative estimate of drug-likeness (QED) is 0.138. The number of nitrogens with zero attached hydrogens (tertiary/aromatic N) is 4. The molecule has 4 aliphatic heterocycles. The van der Waals surface area contributed by atoms with Gasteiger partial charge in [0.2, 0.25) is 11.8 Å². The number of anilines is 4. The highest BCUT2D eigenvalue weighted by atomic mass is 35.5. The molecule has 0 aliphatic carbocycles. The Balaban J connectivity index is 0.000000196. The summed E-state index contributed by atoms with van der Waals surface area (Å²) in [6.07, 6.45) is 2.40. The first kappa shape index (κ1) is 48.7. The molecule has 66 heavy (non-hydrogen) atoms. The Morgan fingerprint density at radius 2 is 0.894 bits per heavy atom. The second kappa shape index (κ2) is 22.1. The molecule has 0 spiro atoms. The van der Waals surface area contributed by atoms with Crippen molar-refractivity contribution in [3.05, 3.63) is 117 Å². The molecule has 6 atom stereocenters. The monoisotopic (exact) mass is 940 g/mol. The van der Waals surface area contributed by atoms with E-state index in [1.807, 2.05) is 12.1 Å². The lowest BCUT2D eigenvalue weighted by molar-refractivity contribution is -0.120. The van der Waals surface area contributed by atoms with Gasteiger partial charge in [0.15, 0.2) is 0 Å². The molecule has 0 aromatic heterocycles. The lowest BCUT2D eigenvalue weighted by Crippen LogP contribution is -2.45. The molecule has 6 amide bonds. The average Bonchev–Trinajstić information content (AvgIpc) is 3.88. The van der Waals surface area contributed by atoms with Gasteiger partial charge in [-0.15, -0.1) is 0 Å². The summed E-state index contributed by atoms with van der Waals surface area (Å²) in [7, 11) is 7.48. The maximum Gasteiger partial charge on any atom is 0.322 e. The average molecular weight is 942 g/mol. The van der Waals surface area contributed by atoms with Gasteiger partial charge in [0.25, 0.3) is 0 Å². The van der Waals surface area contributed by atoms with E-state index < -0.39 is 12.1 Å². The van der Waals surface area contributed by atoms with Crippen LogP contribution in [0.3, 0.4) is 0 Å². The summed E-state index contributed by atoms with van der Waals surface area (Å²) in [5.41, 5.74) is 7.96. The highest BCUT2D eigenvalue weighted by Crippen LogP contribution is 2.31. The number of methoxy groups -OCH3 is 2. The molecule has 0 radical (unpaired) electrons. The van der Waals surface area contributed by atoms with E-state index in [0.29, 0.717) is 59.2 Å². The molecule has 2 saturated heterocycles. The standard InChI is InChI=1S/2C25H31ClN4O3/c2*1-16-14-29(2)11-10-17-12-20(8-9-22(16)17)27-24(31)23-13-21(33-3)15-30(23)25(32)28-19-6-4-18(26)5-7-19/h2*4-9,12,16,21,23H,10-11,13-15H2,1-3H3,(H,27,31)(H,28,32)/t16-,21+,23+;16-,21-,23-/m01/s1. The normalized spacial score (nSPS) is 23.0. The maximum absolute atomic E-state index is 13.2. The number of carbonyl (C=O) groups is 4. The number of rotatable bonds is 8. The van der Waals surface area contributed by atoms with Crippen molar-refractivity contribution in [1.29, 1.82) is 0 Å². The number of nitrogens with one attached hydrogen (secondary N) is 4. The number of carbonyl (C=O) groups excluding carboxylic acids is 4. The SMILES string of the molecule is CO[C@@H]1C[C@H](C(=O)Nc2ccc3c(c2)CCN(C)C[C@@H]3C)N(C(=O)Nc2ccc(Cl)cc2)C1.CO[C@@H]1C[C@H](C(=O)Nc2ccc3c(c2)CCN(C)C[C@H]3C)N(C(=O)Nc2ccc(Cl)cc2)C1. The molecule has 0 unspecified atom stereocenters. The van der Waals surface area contributed by atoms with Crippen molar-refractivity contribution < 1.29 is 28.7 Å². The van der Waals surface area contributed by atoms with E-state index in [1.54, 1.807) is 72.6 Å². The van der Waals surface area contributed by atoms with Gasteiger partial charge >= 0.3 is 12.1 Å². The number of hydrogen-bond acceptors (Lipinski definition) is 8. The molecule has 4 N–H and O–H groups in total. The molecule has 16 heteroatoms. The highest BCUT2D eigenvalue weighted by Gasteiger charge is 2.41. The molecular weight excluding hydrogens is 880 g/mol. The van der Waals surface area contributed by atoms with Crippen LogP contribution in [-0.2, 0) is 31.9 Å². The topological polar surface area (TPSA) is 148 Å². The number of benzene rings is 4. The van der Waals surface area contributed by atoms with Gasteiger partial charge < -0.3 is 50.3 Å². The number of hydrogen-bond donors (Lipinski definition) is 4. The zero-order chi connectivity index (χ0) is 47.1. The Hall–Kier alpha value is -5.22. The van der Waals surface area contributed by atoms with Gasteiger partial charge in [-0.05, 0) is 134 Å². The first-order chi connectivity index (χ1) is 31.7. The maximum atomic E-state index is 13.2. The summed E-state index contributed by atoms with van der Waals surface area (Å²) in [6.45, 7) is 9.20. The lowest BCUT2D eigenvalue weighted by atomic mass is 9.95. The predicted molar refractivity (Wildman–Crippen MR) is 262 cm³/mol. The Labute approximate surface area is 398 Å². The zero-order valence-corrected chi connectivity index (χ0v) is 40.1. The van der Waals surface area contributed by atoms with Gasteiger partial charge in [-0.2, -0.15) is 0 Å².